The molecule has 168 valence electrons. The maximum atomic E-state index is 13.4. The zero-order chi connectivity index (χ0) is 22.9. The van der Waals surface area contributed by atoms with Gasteiger partial charge in [0.25, 0.3) is 5.91 Å². The summed E-state index contributed by atoms with van der Waals surface area (Å²) in [6.45, 7) is 0.486. The highest BCUT2D eigenvalue weighted by Gasteiger charge is 2.40. The Kier molecular flexibility index (Phi) is 5.52. The van der Waals surface area contributed by atoms with E-state index in [9.17, 15) is 9.90 Å². The zero-order valence-corrected chi connectivity index (χ0v) is 18.7. The van der Waals surface area contributed by atoms with Crippen molar-refractivity contribution < 1.29 is 19.4 Å². The van der Waals surface area contributed by atoms with Gasteiger partial charge in [0.05, 0.1) is 26.0 Å². The minimum absolute atomic E-state index is 0.0158. The van der Waals surface area contributed by atoms with Crippen LogP contribution in [0, 0.1) is 0 Å². The normalized spacial score (nSPS) is 15.2. The fraction of sp³-hybridized carbons (Fsp3) is 0.222. The lowest BCUT2D eigenvalue weighted by atomic mass is 9.92. The highest BCUT2D eigenvalue weighted by molar-refractivity contribution is 6.02. The Bertz CT molecular complexity index is 1330. The van der Waals surface area contributed by atoms with Crippen LogP contribution in [0.25, 0.3) is 22.2 Å². The third-order valence-electron chi connectivity index (χ3n) is 6.31. The van der Waals surface area contributed by atoms with Crippen LogP contribution in [0.15, 0.2) is 66.7 Å². The van der Waals surface area contributed by atoms with E-state index in [0.29, 0.717) is 24.3 Å². The molecule has 4 aromatic rings. The van der Waals surface area contributed by atoms with Crippen molar-refractivity contribution in [1.82, 2.24) is 9.88 Å². The van der Waals surface area contributed by atoms with Crippen molar-refractivity contribution in [2.75, 3.05) is 27.4 Å². The van der Waals surface area contributed by atoms with E-state index >= 15 is 0 Å². The van der Waals surface area contributed by atoms with Crippen molar-refractivity contribution >= 4 is 16.8 Å². The number of methoxy groups -OCH3 is 2. The molecule has 0 saturated carbocycles. The number of carbonyl (C=O) groups excluding carboxylic acids is 1. The minimum atomic E-state index is -0.290. The maximum absolute atomic E-state index is 13.4. The number of fused-ring (bicyclic) bond motifs is 2. The van der Waals surface area contributed by atoms with E-state index in [0.717, 1.165) is 39.0 Å². The number of nitrogens with zero attached hydrogens (tertiary/aromatic N) is 1. The molecule has 5 rings (SSSR count). The Morgan fingerprint density at radius 1 is 0.970 bits per heavy atom. The highest BCUT2D eigenvalue weighted by atomic mass is 16.5. The summed E-state index contributed by atoms with van der Waals surface area (Å²) < 4.78 is 11.2. The van der Waals surface area contributed by atoms with Gasteiger partial charge in [-0.3, -0.25) is 4.79 Å². The van der Waals surface area contributed by atoms with Gasteiger partial charge in [-0.2, -0.15) is 0 Å². The molecule has 6 heteroatoms. The zero-order valence-electron chi connectivity index (χ0n) is 18.7. The summed E-state index contributed by atoms with van der Waals surface area (Å²) in [6.07, 6.45) is 0.510. The Morgan fingerprint density at radius 2 is 1.76 bits per heavy atom. The summed E-state index contributed by atoms with van der Waals surface area (Å²) in [6, 6.07) is 21.3. The number of rotatable bonds is 7. The lowest BCUT2D eigenvalue weighted by Gasteiger charge is -2.27. The SMILES string of the molecule is COc1ccc(OC)c(-c2[nH]c3ccccc3c2[C@H]2c3ccccc3C(=O)N2CCCO)c1. The summed E-state index contributed by atoms with van der Waals surface area (Å²) in [4.78, 5) is 18.9. The van der Waals surface area contributed by atoms with Gasteiger partial charge in [0, 0.05) is 40.7 Å². The number of ether oxygens (including phenoxy) is 2. The largest absolute Gasteiger partial charge is 0.497 e. The van der Waals surface area contributed by atoms with Crippen molar-refractivity contribution in [1.29, 1.82) is 0 Å². The third-order valence-corrected chi connectivity index (χ3v) is 6.31. The second-order valence-corrected chi connectivity index (χ2v) is 8.09. The van der Waals surface area contributed by atoms with Crippen LogP contribution in [-0.4, -0.2) is 48.3 Å². The monoisotopic (exact) mass is 442 g/mol. The first-order chi connectivity index (χ1) is 16.2. The predicted molar refractivity (Wildman–Crippen MR) is 128 cm³/mol. The molecule has 33 heavy (non-hydrogen) atoms. The van der Waals surface area contributed by atoms with Crippen molar-refractivity contribution in [2.24, 2.45) is 0 Å². The number of para-hydroxylation sites is 1. The van der Waals surface area contributed by atoms with Crippen LogP contribution >= 0.6 is 0 Å². The highest BCUT2D eigenvalue weighted by Crippen LogP contribution is 2.47. The summed E-state index contributed by atoms with van der Waals surface area (Å²) in [5, 5.41) is 10.5. The summed E-state index contributed by atoms with van der Waals surface area (Å²) in [5.41, 5.74) is 5.40. The van der Waals surface area contributed by atoms with Crippen LogP contribution in [-0.2, 0) is 0 Å². The van der Waals surface area contributed by atoms with Crippen molar-refractivity contribution in [3.8, 4) is 22.8 Å². The average molecular weight is 443 g/mol. The molecule has 0 bridgehead atoms. The molecule has 2 heterocycles. The maximum Gasteiger partial charge on any atom is 0.255 e. The van der Waals surface area contributed by atoms with Crippen LogP contribution in [0.3, 0.4) is 0 Å². The van der Waals surface area contributed by atoms with Gasteiger partial charge < -0.3 is 24.5 Å². The quantitative estimate of drug-likeness (QED) is 0.432. The average Bonchev–Trinajstić information content (AvgIpc) is 3.37. The number of benzene rings is 3. The van der Waals surface area contributed by atoms with E-state index in [-0.39, 0.29) is 18.6 Å². The molecule has 0 spiro atoms. The van der Waals surface area contributed by atoms with Crippen molar-refractivity contribution in [3.63, 3.8) is 0 Å². The topological polar surface area (TPSA) is 74.8 Å². The van der Waals surface area contributed by atoms with E-state index in [1.807, 2.05) is 65.6 Å². The van der Waals surface area contributed by atoms with E-state index in [2.05, 4.69) is 11.1 Å². The summed E-state index contributed by atoms with van der Waals surface area (Å²) in [7, 11) is 3.29. The predicted octanol–water partition coefficient (Wildman–Crippen LogP) is 4.78. The van der Waals surface area contributed by atoms with Gasteiger partial charge in [-0.15, -0.1) is 0 Å². The molecule has 1 amide bonds. The van der Waals surface area contributed by atoms with E-state index in [4.69, 9.17) is 9.47 Å². The first kappa shape index (κ1) is 21.1. The summed E-state index contributed by atoms with van der Waals surface area (Å²) in [5.74, 6) is 1.41. The number of H-pyrrole nitrogens is 1. The smallest absolute Gasteiger partial charge is 0.255 e. The van der Waals surface area contributed by atoms with Crippen molar-refractivity contribution in [3.05, 3.63) is 83.4 Å². The van der Waals surface area contributed by atoms with Gasteiger partial charge in [0.2, 0.25) is 0 Å². The molecule has 6 nitrogen and oxygen atoms in total. The Morgan fingerprint density at radius 3 is 2.55 bits per heavy atom. The van der Waals surface area contributed by atoms with Crippen molar-refractivity contribution in [2.45, 2.75) is 12.5 Å². The molecular formula is C27H26N2O4. The number of hydrogen-bond donors (Lipinski definition) is 2. The molecule has 3 aromatic carbocycles. The van der Waals surface area contributed by atoms with Gasteiger partial charge in [0.1, 0.15) is 11.5 Å². The fourth-order valence-electron chi connectivity index (χ4n) is 4.82. The number of amides is 1. The van der Waals surface area contributed by atoms with E-state index < -0.39 is 0 Å². The molecule has 0 fully saturated rings. The Hall–Kier alpha value is -3.77. The van der Waals surface area contributed by atoms with Crippen LogP contribution in [0.4, 0.5) is 0 Å². The molecule has 1 aliphatic heterocycles. The molecule has 0 unspecified atom stereocenters. The number of aliphatic hydroxyl groups is 1. The molecule has 0 saturated heterocycles. The lowest BCUT2D eigenvalue weighted by molar-refractivity contribution is 0.0739. The number of aromatic amines is 1. The number of carbonyl (C=O) groups is 1. The molecule has 1 atom stereocenters. The van der Waals surface area contributed by atoms with E-state index in [1.54, 1.807) is 14.2 Å². The van der Waals surface area contributed by atoms with Crippen LogP contribution < -0.4 is 9.47 Å². The molecule has 0 aliphatic carbocycles. The molecule has 1 aromatic heterocycles. The first-order valence-corrected chi connectivity index (χ1v) is 11.0. The third kappa shape index (κ3) is 3.43. The number of aromatic nitrogens is 1. The van der Waals surface area contributed by atoms with Crippen LogP contribution in [0.5, 0.6) is 11.5 Å². The minimum Gasteiger partial charge on any atom is -0.497 e. The second kappa shape index (κ2) is 8.64. The van der Waals surface area contributed by atoms with Gasteiger partial charge in [-0.25, -0.2) is 0 Å². The van der Waals surface area contributed by atoms with Gasteiger partial charge >= 0.3 is 0 Å². The molecule has 0 radical (unpaired) electrons. The Labute approximate surface area is 192 Å². The Balaban J connectivity index is 1.81. The lowest BCUT2D eigenvalue weighted by Crippen LogP contribution is -2.30. The van der Waals surface area contributed by atoms with Gasteiger partial charge in [0.15, 0.2) is 0 Å². The number of nitrogens with one attached hydrogen (secondary N) is 1. The number of hydrogen-bond acceptors (Lipinski definition) is 4. The molecule has 2 N–H and O–H groups in total. The number of aliphatic hydroxyl groups excluding tert-OH is 1. The standard InChI is InChI=1S/C27H26N2O4/c1-32-17-12-13-23(33-2)21(16-17)25-24(20-10-5-6-11-22(20)28-25)26-18-8-3-4-9-19(18)27(31)29(26)14-7-15-30/h3-6,8-13,16,26,28,30H,7,14-15H2,1-2H3/t26-/m1/s1. The summed E-state index contributed by atoms with van der Waals surface area (Å²) >= 11 is 0. The van der Waals surface area contributed by atoms with Crippen LogP contribution in [0.1, 0.15) is 33.9 Å². The van der Waals surface area contributed by atoms with E-state index in [1.165, 1.54) is 0 Å². The first-order valence-electron chi connectivity index (χ1n) is 11.0. The fourth-order valence-corrected chi connectivity index (χ4v) is 4.82. The van der Waals surface area contributed by atoms with Gasteiger partial charge in [-0.1, -0.05) is 36.4 Å². The van der Waals surface area contributed by atoms with Crippen LogP contribution in [0.2, 0.25) is 0 Å². The molecule has 1 aliphatic rings. The second-order valence-electron chi connectivity index (χ2n) is 8.09. The van der Waals surface area contributed by atoms with Gasteiger partial charge in [-0.05, 0) is 42.3 Å². The molecular weight excluding hydrogens is 416 g/mol.